The number of carbonyl (C=O) groups excluding carboxylic acids is 1. The van der Waals surface area contributed by atoms with E-state index in [1.54, 1.807) is 6.92 Å². The van der Waals surface area contributed by atoms with Crippen LogP contribution in [-0.4, -0.2) is 15.9 Å². The molecule has 6 nitrogen and oxygen atoms in total. The molecule has 2 N–H and O–H groups in total. The minimum absolute atomic E-state index is 0.0684. The van der Waals surface area contributed by atoms with Crippen LogP contribution in [0.3, 0.4) is 0 Å². The number of hydrogen-bond donors (Lipinski definition) is 2. The summed E-state index contributed by atoms with van der Waals surface area (Å²) in [6.45, 7) is 1.57. The molecule has 2 rings (SSSR count). The molecular weight excluding hydrogens is 367 g/mol. The zero-order chi connectivity index (χ0) is 17.3. The van der Waals surface area contributed by atoms with Gasteiger partial charge in [0.15, 0.2) is 0 Å². The molecule has 0 atom stereocenters. The molecule has 0 unspecified atom stereocenters. The molecule has 0 saturated heterocycles. The second kappa shape index (κ2) is 6.62. The van der Waals surface area contributed by atoms with Crippen LogP contribution in [0.2, 0.25) is 15.1 Å². The first-order valence-corrected chi connectivity index (χ1v) is 7.28. The molecule has 0 spiro atoms. The molecule has 120 valence electrons. The number of aromatic hydroxyl groups is 1. The third-order valence-electron chi connectivity index (χ3n) is 3.01. The quantitative estimate of drug-likeness (QED) is 0.594. The number of nitrogens with one attached hydrogen (secondary N) is 1. The summed E-state index contributed by atoms with van der Waals surface area (Å²) < 4.78 is 0. The number of aryl methyl sites for hydroxylation is 1. The van der Waals surface area contributed by atoms with Gasteiger partial charge in [0.25, 0.3) is 11.6 Å². The number of benzene rings is 2. The minimum Gasteiger partial charge on any atom is -0.506 e. The molecule has 0 bridgehead atoms. The SMILES string of the molecule is Cc1cc([N+](=O)[O-])c(Cl)cc1NC(=O)c1cc(Cl)cc(Cl)c1O. The number of phenolic OH excluding ortho intramolecular Hbond substituents is 1. The van der Waals surface area contributed by atoms with Crippen molar-refractivity contribution in [1.82, 2.24) is 0 Å². The number of phenols is 1. The summed E-state index contributed by atoms with van der Waals surface area (Å²) in [6.07, 6.45) is 0. The maximum Gasteiger partial charge on any atom is 0.288 e. The Morgan fingerprint density at radius 3 is 2.43 bits per heavy atom. The van der Waals surface area contributed by atoms with Crippen molar-refractivity contribution in [2.75, 3.05) is 5.32 Å². The van der Waals surface area contributed by atoms with Gasteiger partial charge in [0.2, 0.25) is 0 Å². The predicted molar refractivity (Wildman–Crippen MR) is 88.9 cm³/mol. The summed E-state index contributed by atoms with van der Waals surface area (Å²) >= 11 is 17.4. The Labute approximate surface area is 145 Å². The summed E-state index contributed by atoms with van der Waals surface area (Å²) in [5.41, 5.74) is 0.301. The Kier molecular flexibility index (Phi) is 4.99. The Bertz CT molecular complexity index is 824. The van der Waals surface area contributed by atoms with Crippen molar-refractivity contribution in [1.29, 1.82) is 0 Å². The van der Waals surface area contributed by atoms with E-state index in [1.165, 1.54) is 24.3 Å². The maximum absolute atomic E-state index is 12.3. The molecule has 0 heterocycles. The van der Waals surface area contributed by atoms with Gasteiger partial charge in [-0.3, -0.25) is 14.9 Å². The van der Waals surface area contributed by atoms with E-state index in [0.717, 1.165) is 0 Å². The van der Waals surface area contributed by atoms with Crippen LogP contribution in [-0.2, 0) is 0 Å². The van der Waals surface area contributed by atoms with Crippen molar-refractivity contribution < 1.29 is 14.8 Å². The van der Waals surface area contributed by atoms with Crippen LogP contribution in [0.1, 0.15) is 15.9 Å². The second-order valence-corrected chi connectivity index (χ2v) is 5.86. The predicted octanol–water partition coefficient (Wildman–Crippen LogP) is 4.82. The molecular formula is C14H9Cl3N2O4. The zero-order valence-corrected chi connectivity index (χ0v) is 13.8. The monoisotopic (exact) mass is 374 g/mol. The van der Waals surface area contributed by atoms with E-state index in [1.807, 2.05) is 0 Å². The first-order valence-electron chi connectivity index (χ1n) is 6.14. The number of carbonyl (C=O) groups is 1. The summed E-state index contributed by atoms with van der Waals surface area (Å²) in [4.78, 5) is 22.5. The number of halogens is 3. The lowest BCUT2D eigenvalue weighted by Gasteiger charge is -2.11. The summed E-state index contributed by atoms with van der Waals surface area (Å²) in [6, 6.07) is 5.04. The molecule has 0 radical (unpaired) electrons. The van der Waals surface area contributed by atoms with Gasteiger partial charge in [-0.15, -0.1) is 0 Å². The number of anilines is 1. The summed E-state index contributed by atoms with van der Waals surface area (Å²) in [5, 5.41) is 23.2. The fraction of sp³-hybridized carbons (Fsp3) is 0.0714. The van der Waals surface area contributed by atoms with Crippen LogP contribution in [0.5, 0.6) is 5.75 Å². The smallest absolute Gasteiger partial charge is 0.288 e. The number of rotatable bonds is 3. The molecule has 1 amide bonds. The fourth-order valence-corrected chi connectivity index (χ4v) is 2.60. The van der Waals surface area contributed by atoms with Crippen molar-refractivity contribution in [2.45, 2.75) is 6.92 Å². The molecule has 0 aliphatic heterocycles. The van der Waals surface area contributed by atoms with E-state index in [2.05, 4.69) is 5.32 Å². The molecule has 0 aromatic heterocycles. The van der Waals surface area contributed by atoms with Crippen LogP contribution in [0, 0.1) is 17.0 Å². The second-order valence-electron chi connectivity index (χ2n) is 4.61. The first kappa shape index (κ1) is 17.3. The average molecular weight is 376 g/mol. The van der Waals surface area contributed by atoms with Crippen LogP contribution in [0.25, 0.3) is 0 Å². The third kappa shape index (κ3) is 3.67. The molecule has 0 aliphatic rings. The number of nitro groups is 1. The Morgan fingerprint density at radius 1 is 1.17 bits per heavy atom. The van der Waals surface area contributed by atoms with Gasteiger partial charge >= 0.3 is 0 Å². The van der Waals surface area contributed by atoms with Gasteiger partial charge in [-0.05, 0) is 30.7 Å². The van der Waals surface area contributed by atoms with Crippen LogP contribution in [0.15, 0.2) is 24.3 Å². The molecule has 0 saturated carbocycles. The van der Waals surface area contributed by atoms with E-state index in [4.69, 9.17) is 34.8 Å². The normalized spacial score (nSPS) is 10.4. The van der Waals surface area contributed by atoms with Crippen LogP contribution < -0.4 is 5.32 Å². The van der Waals surface area contributed by atoms with Crippen molar-refractivity contribution in [3.63, 3.8) is 0 Å². The average Bonchev–Trinajstić information content (AvgIpc) is 2.45. The number of hydrogen-bond acceptors (Lipinski definition) is 4. The maximum atomic E-state index is 12.3. The lowest BCUT2D eigenvalue weighted by atomic mass is 10.1. The summed E-state index contributed by atoms with van der Waals surface area (Å²) in [5.74, 6) is -1.10. The highest BCUT2D eigenvalue weighted by atomic mass is 35.5. The van der Waals surface area contributed by atoms with Crippen LogP contribution >= 0.6 is 34.8 Å². The van der Waals surface area contributed by atoms with Gasteiger partial charge in [0, 0.05) is 16.8 Å². The number of nitrogens with zero attached hydrogens (tertiary/aromatic N) is 1. The molecule has 23 heavy (non-hydrogen) atoms. The Balaban J connectivity index is 2.38. The van der Waals surface area contributed by atoms with Crippen molar-refractivity contribution >= 4 is 52.1 Å². The van der Waals surface area contributed by atoms with Gasteiger partial charge in [0.05, 0.1) is 15.5 Å². The van der Waals surface area contributed by atoms with E-state index >= 15 is 0 Å². The van der Waals surface area contributed by atoms with Crippen molar-refractivity contribution in [3.05, 3.63) is 60.6 Å². The standard InChI is InChI=1S/C14H9Cl3N2O4/c1-6-2-12(19(22)23)9(16)5-11(6)18-14(21)8-3-7(15)4-10(17)13(8)20/h2-5,20H,1H3,(H,18,21). The molecule has 0 aliphatic carbocycles. The Morgan fingerprint density at radius 2 is 1.83 bits per heavy atom. The van der Waals surface area contributed by atoms with E-state index in [9.17, 15) is 20.0 Å². The molecule has 9 heteroatoms. The highest BCUT2D eigenvalue weighted by Crippen LogP contribution is 2.33. The molecule has 2 aromatic carbocycles. The van der Waals surface area contributed by atoms with Gasteiger partial charge in [-0.1, -0.05) is 34.8 Å². The van der Waals surface area contributed by atoms with Crippen molar-refractivity contribution in [3.8, 4) is 5.75 Å². The van der Waals surface area contributed by atoms with E-state index < -0.39 is 16.6 Å². The largest absolute Gasteiger partial charge is 0.506 e. The topological polar surface area (TPSA) is 92.5 Å². The van der Waals surface area contributed by atoms with Gasteiger partial charge in [-0.2, -0.15) is 0 Å². The van der Waals surface area contributed by atoms with Gasteiger partial charge in [-0.25, -0.2) is 0 Å². The highest BCUT2D eigenvalue weighted by Gasteiger charge is 2.19. The zero-order valence-electron chi connectivity index (χ0n) is 11.6. The van der Waals surface area contributed by atoms with E-state index in [-0.39, 0.29) is 32.0 Å². The third-order valence-corrected chi connectivity index (χ3v) is 3.82. The summed E-state index contributed by atoms with van der Waals surface area (Å²) in [7, 11) is 0. The minimum atomic E-state index is -0.681. The number of amides is 1. The Hall–Kier alpha value is -2.02. The lowest BCUT2D eigenvalue weighted by Crippen LogP contribution is -2.13. The van der Waals surface area contributed by atoms with Gasteiger partial charge < -0.3 is 10.4 Å². The van der Waals surface area contributed by atoms with Crippen molar-refractivity contribution in [2.24, 2.45) is 0 Å². The van der Waals surface area contributed by atoms with E-state index in [0.29, 0.717) is 5.56 Å². The molecule has 2 aromatic rings. The lowest BCUT2D eigenvalue weighted by molar-refractivity contribution is -0.384. The first-order chi connectivity index (χ1) is 10.7. The highest BCUT2D eigenvalue weighted by molar-refractivity contribution is 6.36. The van der Waals surface area contributed by atoms with Gasteiger partial charge in [0.1, 0.15) is 10.8 Å². The van der Waals surface area contributed by atoms with Crippen LogP contribution in [0.4, 0.5) is 11.4 Å². The molecule has 0 fully saturated rings. The fourth-order valence-electron chi connectivity index (χ4n) is 1.87. The number of nitro benzene ring substituents is 1.